The third kappa shape index (κ3) is 4.39. The Morgan fingerprint density at radius 1 is 0.200 bits per heavy atom. The molecule has 10 rings (SSSR count). The van der Waals surface area contributed by atoms with Crippen LogP contribution in [0.1, 0.15) is 0 Å². The van der Waals surface area contributed by atoms with Gasteiger partial charge in [-0.2, -0.15) is 0 Å². The summed E-state index contributed by atoms with van der Waals surface area (Å²) in [6.07, 6.45) is 0. The summed E-state index contributed by atoms with van der Waals surface area (Å²) in [6.45, 7) is 0. The second kappa shape index (κ2) is 11.6. The first kappa shape index (κ1) is 28.5. The molecule has 0 aliphatic rings. The Bertz CT molecular complexity index is 2870. The van der Waals surface area contributed by atoms with Gasteiger partial charge in [0.15, 0.2) is 0 Å². The highest BCUT2D eigenvalue weighted by Crippen LogP contribution is 2.54. The summed E-state index contributed by atoms with van der Waals surface area (Å²) in [6, 6.07) is 71.4. The van der Waals surface area contributed by atoms with Gasteiger partial charge >= 0.3 is 0 Å². The van der Waals surface area contributed by atoms with E-state index in [1.54, 1.807) is 0 Å². The first-order chi connectivity index (χ1) is 24.8. The molecule has 50 heavy (non-hydrogen) atoms. The Balaban J connectivity index is 1.59. The smallest absolute Gasteiger partial charge is 0.000139 e. The van der Waals surface area contributed by atoms with Gasteiger partial charge in [-0.1, -0.05) is 182 Å². The van der Waals surface area contributed by atoms with Crippen LogP contribution in [0.3, 0.4) is 0 Å². The molecule has 0 nitrogen and oxygen atoms in total. The Kier molecular flexibility index (Phi) is 6.60. The minimum atomic E-state index is 1.22. The number of benzene rings is 10. The highest BCUT2D eigenvalue weighted by Gasteiger charge is 2.26. The molecule has 0 spiro atoms. The maximum Gasteiger partial charge on any atom is -0.000139 e. The fourth-order valence-electron chi connectivity index (χ4n) is 8.29. The van der Waals surface area contributed by atoms with Crippen molar-refractivity contribution in [3.05, 3.63) is 194 Å². The lowest BCUT2D eigenvalue weighted by molar-refractivity contribution is 1.63. The SMILES string of the molecule is c1ccc(-c2c3ccccc3c(-c3ccccc3)c3c(-c4ccccc4)c4cc5c(ccc6ccccc65)cc4c(-c4ccccc4)c23)cc1. The Labute approximate surface area is 291 Å². The van der Waals surface area contributed by atoms with Crippen LogP contribution < -0.4 is 0 Å². The average Bonchev–Trinajstić information content (AvgIpc) is 3.19. The summed E-state index contributed by atoms with van der Waals surface area (Å²) in [5.74, 6) is 0. The zero-order valence-electron chi connectivity index (χ0n) is 27.5. The molecule has 10 aromatic rings. The van der Waals surface area contributed by atoms with Gasteiger partial charge in [-0.05, 0) is 111 Å². The van der Waals surface area contributed by atoms with Crippen LogP contribution in [0.15, 0.2) is 194 Å². The normalized spacial score (nSPS) is 11.6. The van der Waals surface area contributed by atoms with Gasteiger partial charge in [0.1, 0.15) is 0 Å². The molecule has 0 aliphatic heterocycles. The third-order valence-corrected chi connectivity index (χ3v) is 10.4. The van der Waals surface area contributed by atoms with Gasteiger partial charge < -0.3 is 0 Å². The predicted molar refractivity (Wildman–Crippen MR) is 216 cm³/mol. The van der Waals surface area contributed by atoms with Crippen molar-refractivity contribution in [3.8, 4) is 44.5 Å². The quantitative estimate of drug-likeness (QED) is 0.134. The van der Waals surface area contributed by atoms with E-state index in [1.807, 2.05) is 0 Å². The third-order valence-electron chi connectivity index (χ3n) is 10.4. The van der Waals surface area contributed by atoms with Gasteiger partial charge in [0, 0.05) is 0 Å². The molecule has 0 radical (unpaired) electrons. The van der Waals surface area contributed by atoms with Gasteiger partial charge in [-0.15, -0.1) is 0 Å². The lowest BCUT2D eigenvalue weighted by Crippen LogP contribution is -1.98. The standard InChI is InChI=1S/C50H32/c1-5-18-34(19-6-1)45-40-27-15-16-28-41(40)46(35-20-7-2-8-21-35)50-48(37-24-11-4-12-25-37)44-32-42-38(30-29-33-17-13-14-26-39(33)42)31-43(44)47(49(45)50)36-22-9-3-10-23-36/h1-32H. The fraction of sp³-hybridized carbons (Fsp3) is 0. The molecule has 0 amide bonds. The molecule has 0 aromatic heterocycles. The molecule has 10 aromatic carbocycles. The molecule has 0 atom stereocenters. The van der Waals surface area contributed by atoms with Crippen molar-refractivity contribution < 1.29 is 0 Å². The van der Waals surface area contributed by atoms with Crippen molar-refractivity contribution in [2.45, 2.75) is 0 Å². The number of hydrogen-bond acceptors (Lipinski definition) is 0. The molecule has 0 heterocycles. The molecule has 0 N–H and O–H groups in total. The van der Waals surface area contributed by atoms with E-state index in [4.69, 9.17) is 0 Å². The van der Waals surface area contributed by atoms with E-state index in [2.05, 4.69) is 194 Å². The monoisotopic (exact) mass is 632 g/mol. The van der Waals surface area contributed by atoms with Crippen molar-refractivity contribution in [2.75, 3.05) is 0 Å². The zero-order chi connectivity index (χ0) is 33.0. The average molecular weight is 633 g/mol. The predicted octanol–water partition coefficient (Wildman–Crippen LogP) is 14.1. The van der Waals surface area contributed by atoms with Crippen LogP contribution >= 0.6 is 0 Å². The summed E-state index contributed by atoms with van der Waals surface area (Å²) in [7, 11) is 0. The van der Waals surface area contributed by atoms with E-state index in [0.717, 1.165) is 0 Å². The van der Waals surface area contributed by atoms with Crippen LogP contribution in [0.4, 0.5) is 0 Å². The molecule has 0 bridgehead atoms. The van der Waals surface area contributed by atoms with Crippen LogP contribution in [0, 0.1) is 0 Å². The highest BCUT2D eigenvalue weighted by atomic mass is 14.3. The first-order valence-corrected chi connectivity index (χ1v) is 17.4. The van der Waals surface area contributed by atoms with Crippen LogP contribution in [-0.2, 0) is 0 Å². The minimum absolute atomic E-state index is 1.22. The molecular formula is C50H32. The van der Waals surface area contributed by atoms with Gasteiger partial charge in [0.2, 0.25) is 0 Å². The molecule has 0 saturated heterocycles. The van der Waals surface area contributed by atoms with Gasteiger partial charge in [-0.25, -0.2) is 0 Å². The van der Waals surface area contributed by atoms with Crippen molar-refractivity contribution in [1.29, 1.82) is 0 Å². The summed E-state index contributed by atoms with van der Waals surface area (Å²) in [5.41, 5.74) is 9.95. The number of fused-ring (bicyclic) bond motifs is 6. The lowest BCUT2D eigenvalue weighted by Gasteiger charge is -2.25. The zero-order valence-corrected chi connectivity index (χ0v) is 27.5. The summed E-state index contributed by atoms with van der Waals surface area (Å²) in [4.78, 5) is 0. The number of hydrogen-bond donors (Lipinski definition) is 0. The van der Waals surface area contributed by atoms with Crippen LogP contribution in [0.25, 0.3) is 98.4 Å². The van der Waals surface area contributed by atoms with E-state index >= 15 is 0 Å². The molecule has 0 saturated carbocycles. The van der Waals surface area contributed by atoms with Crippen LogP contribution in [0.2, 0.25) is 0 Å². The largest absolute Gasteiger partial charge is 0.0622 e. The van der Waals surface area contributed by atoms with Crippen molar-refractivity contribution in [2.24, 2.45) is 0 Å². The lowest BCUT2D eigenvalue weighted by atomic mass is 9.77. The van der Waals surface area contributed by atoms with Crippen LogP contribution in [-0.4, -0.2) is 0 Å². The van der Waals surface area contributed by atoms with Crippen molar-refractivity contribution in [3.63, 3.8) is 0 Å². The van der Waals surface area contributed by atoms with Crippen molar-refractivity contribution in [1.82, 2.24) is 0 Å². The van der Waals surface area contributed by atoms with E-state index in [0.29, 0.717) is 0 Å². The molecule has 0 aliphatic carbocycles. The number of rotatable bonds is 4. The van der Waals surface area contributed by atoms with E-state index in [9.17, 15) is 0 Å². The van der Waals surface area contributed by atoms with E-state index < -0.39 is 0 Å². The first-order valence-electron chi connectivity index (χ1n) is 17.4. The Hall–Kier alpha value is -6.50. The van der Waals surface area contributed by atoms with Gasteiger partial charge in [-0.3, -0.25) is 0 Å². The fourth-order valence-corrected chi connectivity index (χ4v) is 8.29. The maximum absolute atomic E-state index is 2.48. The topological polar surface area (TPSA) is 0 Å². The van der Waals surface area contributed by atoms with Gasteiger partial charge in [0.05, 0.1) is 0 Å². The molecular weight excluding hydrogens is 601 g/mol. The maximum atomic E-state index is 2.48. The van der Waals surface area contributed by atoms with E-state index in [-0.39, 0.29) is 0 Å². The molecule has 232 valence electrons. The minimum Gasteiger partial charge on any atom is -0.0622 e. The van der Waals surface area contributed by atoms with Crippen LogP contribution in [0.5, 0.6) is 0 Å². The Morgan fingerprint density at radius 3 is 1.00 bits per heavy atom. The molecule has 0 heteroatoms. The second-order valence-electron chi connectivity index (χ2n) is 13.2. The van der Waals surface area contributed by atoms with E-state index in [1.165, 1.54) is 98.4 Å². The second-order valence-corrected chi connectivity index (χ2v) is 13.2. The highest BCUT2D eigenvalue weighted by molar-refractivity contribution is 6.35. The summed E-state index contributed by atoms with van der Waals surface area (Å²) in [5, 5.41) is 12.7. The van der Waals surface area contributed by atoms with Gasteiger partial charge in [0.25, 0.3) is 0 Å². The Morgan fingerprint density at radius 2 is 0.540 bits per heavy atom. The molecule has 0 unspecified atom stereocenters. The summed E-state index contributed by atoms with van der Waals surface area (Å²) < 4.78 is 0. The summed E-state index contributed by atoms with van der Waals surface area (Å²) >= 11 is 0. The van der Waals surface area contributed by atoms with Crippen molar-refractivity contribution >= 4 is 53.9 Å². The molecule has 0 fully saturated rings.